The van der Waals surface area contributed by atoms with E-state index in [9.17, 15) is 9.18 Å². The van der Waals surface area contributed by atoms with E-state index in [1.54, 1.807) is 17.0 Å². The summed E-state index contributed by atoms with van der Waals surface area (Å²) in [5.41, 5.74) is 0.562. The molecule has 0 radical (unpaired) electrons. The van der Waals surface area contributed by atoms with Gasteiger partial charge in [0.1, 0.15) is 5.82 Å². The number of halogens is 3. The summed E-state index contributed by atoms with van der Waals surface area (Å²) in [5, 5.41) is 3.34. The Morgan fingerprint density at radius 1 is 1.39 bits per heavy atom. The molecule has 0 aliphatic carbocycles. The number of rotatable bonds is 6. The van der Waals surface area contributed by atoms with Crippen molar-refractivity contribution in [3.63, 3.8) is 0 Å². The lowest BCUT2D eigenvalue weighted by Crippen LogP contribution is -2.32. The van der Waals surface area contributed by atoms with Crippen molar-refractivity contribution in [1.29, 1.82) is 0 Å². The number of carbonyl (C=O) groups excluding carboxylic acids is 1. The monoisotopic (exact) mass is 406 g/mol. The van der Waals surface area contributed by atoms with Crippen LogP contribution in [0.3, 0.4) is 0 Å². The first-order valence-corrected chi connectivity index (χ1v) is 8.82. The van der Waals surface area contributed by atoms with Gasteiger partial charge in [-0.05, 0) is 63.4 Å². The minimum Gasteiger partial charge on any atom is -0.339 e. The first-order chi connectivity index (χ1) is 10.6. The quantitative estimate of drug-likeness (QED) is 0.768. The van der Waals surface area contributed by atoms with E-state index < -0.39 is 0 Å². The number of hydrogen-bond donors (Lipinski definition) is 1. The van der Waals surface area contributed by atoms with Crippen LogP contribution in [-0.4, -0.2) is 30.4 Å². The molecule has 1 heterocycles. The van der Waals surface area contributed by atoms with Crippen LogP contribution in [0.4, 0.5) is 4.39 Å². The molecule has 23 heavy (non-hydrogen) atoms. The molecule has 0 saturated carbocycles. The van der Waals surface area contributed by atoms with Crippen LogP contribution in [0.2, 0.25) is 0 Å². The number of hydrogen-bond acceptors (Lipinski definition) is 2. The molecule has 1 aromatic rings. The summed E-state index contributed by atoms with van der Waals surface area (Å²) in [5.74, 6) is 0.514. The van der Waals surface area contributed by atoms with Gasteiger partial charge in [-0.2, -0.15) is 0 Å². The van der Waals surface area contributed by atoms with Gasteiger partial charge in [0, 0.05) is 29.5 Å². The third-order valence-corrected chi connectivity index (χ3v) is 4.82. The molecule has 130 valence electrons. The van der Waals surface area contributed by atoms with Crippen LogP contribution in [-0.2, 0) is 11.3 Å². The number of piperidine rings is 1. The van der Waals surface area contributed by atoms with Crippen molar-refractivity contribution in [3.05, 3.63) is 34.1 Å². The van der Waals surface area contributed by atoms with E-state index in [4.69, 9.17) is 0 Å². The molecule has 2 rings (SSSR count). The molecule has 0 atom stereocenters. The molecule has 1 fully saturated rings. The van der Waals surface area contributed by atoms with E-state index in [-0.39, 0.29) is 24.1 Å². The van der Waals surface area contributed by atoms with Gasteiger partial charge in [0.05, 0.1) is 0 Å². The second-order valence-corrected chi connectivity index (χ2v) is 6.79. The molecule has 0 aromatic heterocycles. The first kappa shape index (κ1) is 20.4. The number of carbonyl (C=O) groups is 1. The Morgan fingerprint density at radius 3 is 2.74 bits per heavy atom. The van der Waals surface area contributed by atoms with Crippen molar-refractivity contribution in [2.45, 2.75) is 39.2 Å². The zero-order valence-corrected chi connectivity index (χ0v) is 15.9. The highest BCUT2D eigenvalue weighted by Gasteiger charge is 2.18. The molecule has 6 heteroatoms. The van der Waals surface area contributed by atoms with Crippen molar-refractivity contribution in [3.8, 4) is 0 Å². The maximum Gasteiger partial charge on any atom is 0.222 e. The Kier molecular flexibility index (Phi) is 9.10. The van der Waals surface area contributed by atoms with Crippen LogP contribution < -0.4 is 5.32 Å². The smallest absolute Gasteiger partial charge is 0.222 e. The lowest BCUT2D eigenvalue weighted by molar-refractivity contribution is -0.132. The van der Waals surface area contributed by atoms with Gasteiger partial charge in [0.25, 0.3) is 0 Å². The topological polar surface area (TPSA) is 32.3 Å². The summed E-state index contributed by atoms with van der Waals surface area (Å²) in [4.78, 5) is 14.1. The predicted molar refractivity (Wildman–Crippen MR) is 97.3 cm³/mol. The molecule has 1 N–H and O–H groups in total. The fourth-order valence-corrected chi connectivity index (χ4v) is 3.31. The molecular weight excluding hydrogens is 383 g/mol. The van der Waals surface area contributed by atoms with E-state index >= 15 is 0 Å². The fraction of sp³-hybridized carbons (Fsp3) is 0.588. The van der Waals surface area contributed by atoms with Gasteiger partial charge >= 0.3 is 0 Å². The summed E-state index contributed by atoms with van der Waals surface area (Å²) in [6, 6.07) is 4.86. The first-order valence-electron chi connectivity index (χ1n) is 8.02. The van der Waals surface area contributed by atoms with Crippen molar-refractivity contribution in [2.24, 2.45) is 5.92 Å². The average Bonchev–Trinajstić information content (AvgIpc) is 2.54. The van der Waals surface area contributed by atoms with Gasteiger partial charge in [0.15, 0.2) is 0 Å². The zero-order valence-electron chi connectivity index (χ0n) is 13.5. The lowest BCUT2D eigenvalue weighted by Gasteiger charge is -2.25. The van der Waals surface area contributed by atoms with Crippen molar-refractivity contribution in [2.75, 3.05) is 19.6 Å². The van der Waals surface area contributed by atoms with E-state index in [1.807, 2.05) is 6.92 Å². The Hall–Kier alpha value is -0.650. The number of nitrogens with zero attached hydrogens (tertiary/aromatic N) is 1. The van der Waals surface area contributed by atoms with Crippen LogP contribution in [0.15, 0.2) is 22.7 Å². The van der Waals surface area contributed by atoms with Gasteiger partial charge in [0.2, 0.25) is 5.91 Å². The Labute approximate surface area is 152 Å². The van der Waals surface area contributed by atoms with Crippen LogP contribution in [0.5, 0.6) is 0 Å². The van der Waals surface area contributed by atoms with Crippen LogP contribution in [0.25, 0.3) is 0 Å². The summed E-state index contributed by atoms with van der Waals surface area (Å²) in [6.45, 7) is 5.00. The largest absolute Gasteiger partial charge is 0.339 e. The second kappa shape index (κ2) is 10.3. The Balaban J connectivity index is 0.00000264. The van der Waals surface area contributed by atoms with E-state index in [2.05, 4.69) is 21.2 Å². The average molecular weight is 408 g/mol. The molecule has 1 aliphatic heterocycles. The molecule has 3 nitrogen and oxygen atoms in total. The third-order valence-electron chi connectivity index (χ3n) is 4.33. The Bertz CT molecular complexity index is 509. The molecule has 1 saturated heterocycles. The van der Waals surface area contributed by atoms with Crippen molar-refractivity contribution < 1.29 is 9.18 Å². The predicted octanol–water partition coefficient (Wildman–Crippen LogP) is 4.14. The summed E-state index contributed by atoms with van der Waals surface area (Å²) in [6.07, 6.45) is 3.81. The molecule has 1 amide bonds. The minimum absolute atomic E-state index is 0. The second-order valence-electron chi connectivity index (χ2n) is 5.88. The van der Waals surface area contributed by atoms with E-state index in [0.717, 1.165) is 36.8 Å². The highest BCUT2D eigenvalue weighted by atomic mass is 79.9. The summed E-state index contributed by atoms with van der Waals surface area (Å²) >= 11 is 3.35. The molecule has 0 spiro atoms. The van der Waals surface area contributed by atoms with Crippen LogP contribution in [0, 0.1) is 11.7 Å². The maximum atomic E-state index is 13.8. The van der Waals surface area contributed by atoms with E-state index in [0.29, 0.717) is 31.0 Å². The number of benzene rings is 1. The fourth-order valence-electron chi connectivity index (χ4n) is 2.90. The standard InChI is InChI=1S/C17H24BrFN2O.ClH/c1-2-21(12-14-11-15(18)4-5-16(14)19)17(22)6-3-13-7-9-20-10-8-13;/h4-5,11,13,20H,2-3,6-10,12H2,1H3;1H. The molecule has 0 unspecified atom stereocenters. The summed E-state index contributed by atoms with van der Waals surface area (Å²) < 4.78 is 14.7. The van der Waals surface area contributed by atoms with Crippen LogP contribution in [0.1, 0.15) is 38.2 Å². The molecule has 1 aliphatic rings. The van der Waals surface area contributed by atoms with Gasteiger partial charge in [-0.3, -0.25) is 4.79 Å². The van der Waals surface area contributed by atoms with E-state index in [1.165, 1.54) is 6.07 Å². The summed E-state index contributed by atoms with van der Waals surface area (Å²) in [7, 11) is 0. The van der Waals surface area contributed by atoms with Crippen molar-refractivity contribution >= 4 is 34.2 Å². The molecule has 0 bridgehead atoms. The highest BCUT2D eigenvalue weighted by molar-refractivity contribution is 9.10. The lowest BCUT2D eigenvalue weighted by atomic mass is 9.93. The molecule has 1 aromatic carbocycles. The Morgan fingerprint density at radius 2 is 2.09 bits per heavy atom. The minimum atomic E-state index is -0.257. The third kappa shape index (κ3) is 6.40. The normalized spacial score (nSPS) is 15.1. The van der Waals surface area contributed by atoms with Gasteiger partial charge in [-0.1, -0.05) is 15.9 Å². The number of amides is 1. The highest BCUT2D eigenvalue weighted by Crippen LogP contribution is 2.20. The zero-order chi connectivity index (χ0) is 15.9. The number of nitrogens with one attached hydrogen (secondary N) is 1. The van der Waals surface area contributed by atoms with Crippen molar-refractivity contribution in [1.82, 2.24) is 10.2 Å². The van der Waals surface area contributed by atoms with Gasteiger partial charge in [-0.15, -0.1) is 12.4 Å². The maximum absolute atomic E-state index is 13.8. The molecular formula is C17H25BrClFN2O. The van der Waals surface area contributed by atoms with Gasteiger partial charge < -0.3 is 10.2 Å². The van der Waals surface area contributed by atoms with Crippen LogP contribution >= 0.6 is 28.3 Å². The SMILES string of the molecule is CCN(Cc1cc(Br)ccc1F)C(=O)CCC1CCNCC1.Cl. The van der Waals surface area contributed by atoms with Gasteiger partial charge in [-0.25, -0.2) is 4.39 Å².